The monoisotopic (exact) mass is 364 g/mol. The van der Waals surface area contributed by atoms with Crippen molar-refractivity contribution >= 4 is 11.8 Å². The molecule has 3 aromatic heterocycles. The van der Waals surface area contributed by atoms with Gasteiger partial charge in [0.1, 0.15) is 0 Å². The van der Waals surface area contributed by atoms with Crippen molar-refractivity contribution in [3.8, 4) is 5.82 Å². The SMILES string of the molecule is CCc1cnc(N2CCN(c3ccc(-n4nc(C)cc4C)nn3)CC2)nc1. The van der Waals surface area contributed by atoms with Crippen molar-refractivity contribution in [2.24, 2.45) is 0 Å². The molecule has 0 spiro atoms. The molecule has 8 nitrogen and oxygen atoms in total. The highest BCUT2D eigenvalue weighted by molar-refractivity contribution is 5.43. The molecule has 0 N–H and O–H groups in total. The summed E-state index contributed by atoms with van der Waals surface area (Å²) in [5, 5.41) is 13.2. The third kappa shape index (κ3) is 3.60. The van der Waals surface area contributed by atoms with Gasteiger partial charge >= 0.3 is 0 Å². The van der Waals surface area contributed by atoms with Crippen LogP contribution in [0.3, 0.4) is 0 Å². The maximum Gasteiger partial charge on any atom is 0.225 e. The number of piperazine rings is 1. The summed E-state index contributed by atoms with van der Waals surface area (Å²) in [5.41, 5.74) is 3.19. The molecule has 0 amide bonds. The minimum atomic E-state index is 0.743. The normalized spacial score (nSPS) is 14.6. The third-order valence-corrected chi connectivity index (χ3v) is 4.85. The summed E-state index contributed by atoms with van der Waals surface area (Å²) in [7, 11) is 0. The first-order valence-electron chi connectivity index (χ1n) is 9.32. The van der Waals surface area contributed by atoms with Crippen molar-refractivity contribution in [3.05, 3.63) is 47.5 Å². The molecule has 0 atom stereocenters. The number of rotatable bonds is 4. The van der Waals surface area contributed by atoms with Crippen molar-refractivity contribution in [3.63, 3.8) is 0 Å². The molecule has 27 heavy (non-hydrogen) atoms. The van der Waals surface area contributed by atoms with E-state index in [-0.39, 0.29) is 0 Å². The standard InChI is InChI=1S/C19H24N8/c1-4-16-12-20-19(21-13-16)26-9-7-25(8-10-26)17-5-6-18(23-22-17)27-15(3)11-14(2)24-27/h5-6,11-13H,4,7-10H2,1-3H3. The molecule has 1 fully saturated rings. The average Bonchev–Trinajstić information content (AvgIpc) is 3.06. The van der Waals surface area contributed by atoms with Crippen LogP contribution in [-0.4, -0.2) is 56.1 Å². The van der Waals surface area contributed by atoms with Gasteiger partial charge in [-0.3, -0.25) is 0 Å². The molecule has 0 unspecified atom stereocenters. The molecule has 0 radical (unpaired) electrons. The maximum atomic E-state index is 4.48. The Morgan fingerprint density at radius 3 is 2.07 bits per heavy atom. The van der Waals surface area contributed by atoms with E-state index in [4.69, 9.17) is 0 Å². The van der Waals surface area contributed by atoms with E-state index in [1.54, 1.807) is 0 Å². The van der Waals surface area contributed by atoms with E-state index in [0.717, 1.165) is 67.1 Å². The van der Waals surface area contributed by atoms with Gasteiger partial charge in [-0.15, -0.1) is 10.2 Å². The smallest absolute Gasteiger partial charge is 0.225 e. The minimum Gasteiger partial charge on any atom is -0.352 e. The topological polar surface area (TPSA) is 75.9 Å². The van der Waals surface area contributed by atoms with Crippen molar-refractivity contribution < 1.29 is 0 Å². The van der Waals surface area contributed by atoms with Crippen molar-refractivity contribution in [2.45, 2.75) is 27.2 Å². The quantitative estimate of drug-likeness (QED) is 0.700. The number of hydrogen-bond acceptors (Lipinski definition) is 7. The molecule has 140 valence electrons. The largest absolute Gasteiger partial charge is 0.352 e. The third-order valence-electron chi connectivity index (χ3n) is 4.85. The average molecular weight is 364 g/mol. The van der Waals surface area contributed by atoms with Crippen LogP contribution in [0.15, 0.2) is 30.6 Å². The molecule has 0 bridgehead atoms. The summed E-state index contributed by atoms with van der Waals surface area (Å²) in [6.45, 7) is 9.57. The Bertz CT molecular complexity index is 892. The van der Waals surface area contributed by atoms with E-state index < -0.39 is 0 Å². The Morgan fingerprint density at radius 2 is 1.52 bits per heavy atom. The second-order valence-corrected chi connectivity index (χ2v) is 6.81. The van der Waals surface area contributed by atoms with E-state index in [2.05, 4.69) is 42.0 Å². The van der Waals surface area contributed by atoms with E-state index in [0.29, 0.717) is 0 Å². The van der Waals surface area contributed by atoms with Crippen LogP contribution in [0.4, 0.5) is 11.8 Å². The lowest BCUT2D eigenvalue weighted by Crippen LogP contribution is -2.47. The highest BCUT2D eigenvalue weighted by Gasteiger charge is 2.20. The number of aromatic nitrogens is 6. The zero-order valence-corrected chi connectivity index (χ0v) is 16.0. The van der Waals surface area contributed by atoms with Gasteiger partial charge in [-0.05, 0) is 44.0 Å². The second kappa shape index (κ2) is 7.30. The molecule has 8 heteroatoms. The molecular weight excluding hydrogens is 340 g/mol. The molecule has 0 aromatic carbocycles. The second-order valence-electron chi connectivity index (χ2n) is 6.81. The maximum absolute atomic E-state index is 4.48. The Labute approximate surface area is 158 Å². The van der Waals surface area contributed by atoms with Crippen LogP contribution in [0, 0.1) is 13.8 Å². The number of nitrogens with zero attached hydrogens (tertiary/aromatic N) is 8. The van der Waals surface area contributed by atoms with Crippen LogP contribution in [0.2, 0.25) is 0 Å². The lowest BCUT2D eigenvalue weighted by Gasteiger charge is -2.35. The first-order valence-corrected chi connectivity index (χ1v) is 9.32. The lowest BCUT2D eigenvalue weighted by atomic mass is 10.3. The fourth-order valence-corrected chi connectivity index (χ4v) is 3.29. The van der Waals surface area contributed by atoms with Gasteiger partial charge in [0.05, 0.1) is 5.69 Å². The van der Waals surface area contributed by atoms with Gasteiger partial charge in [0, 0.05) is 44.3 Å². The molecule has 1 saturated heterocycles. The predicted octanol–water partition coefficient (Wildman–Crippen LogP) is 1.96. The molecule has 0 aliphatic carbocycles. The Hall–Kier alpha value is -3.03. The molecule has 1 aliphatic heterocycles. The van der Waals surface area contributed by atoms with Gasteiger partial charge in [-0.25, -0.2) is 14.6 Å². The summed E-state index contributed by atoms with van der Waals surface area (Å²) in [6.07, 6.45) is 4.79. The van der Waals surface area contributed by atoms with Gasteiger partial charge in [-0.2, -0.15) is 5.10 Å². The summed E-state index contributed by atoms with van der Waals surface area (Å²) < 4.78 is 1.82. The highest BCUT2D eigenvalue weighted by Crippen LogP contribution is 2.17. The lowest BCUT2D eigenvalue weighted by molar-refractivity contribution is 0.629. The number of anilines is 2. The summed E-state index contributed by atoms with van der Waals surface area (Å²) in [4.78, 5) is 13.4. The van der Waals surface area contributed by atoms with Crippen LogP contribution < -0.4 is 9.80 Å². The van der Waals surface area contributed by atoms with Crippen molar-refractivity contribution in [1.82, 2.24) is 29.9 Å². The van der Waals surface area contributed by atoms with Crippen LogP contribution in [0.5, 0.6) is 0 Å². The first-order chi connectivity index (χ1) is 13.1. The Morgan fingerprint density at radius 1 is 0.889 bits per heavy atom. The molecule has 3 aromatic rings. The van der Waals surface area contributed by atoms with Gasteiger partial charge in [0.15, 0.2) is 11.6 Å². The van der Waals surface area contributed by atoms with Crippen LogP contribution in [0.1, 0.15) is 23.9 Å². The molecule has 1 aliphatic rings. The van der Waals surface area contributed by atoms with Crippen LogP contribution in [0.25, 0.3) is 5.82 Å². The first kappa shape index (κ1) is 17.4. The Balaban J connectivity index is 1.41. The molecule has 4 heterocycles. The fraction of sp³-hybridized carbons (Fsp3) is 0.421. The zero-order valence-electron chi connectivity index (χ0n) is 16.0. The van der Waals surface area contributed by atoms with Gasteiger partial charge in [0.2, 0.25) is 5.95 Å². The number of aryl methyl sites for hydroxylation is 3. The summed E-state index contributed by atoms with van der Waals surface area (Å²) in [5.74, 6) is 2.44. The predicted molar refractivity (Wildman–Crippen MR) is 104 cm³/mol. The molecular formula is C19H24N8. The summed E-state index contributed by atoms with van der Waals surface area (Å²) in [6, 6.07) is 6.02. The van der Waals surface area contributed by atoms with Gasteiger partial charge < -0.3 is 9.80 Å². The van der Waals surface area contributed by atoms with Gasteiger partial charge in [0.25, 0.3) is 0 Å². The summed E-state index contributed by atoms with van der Waals surface area (Å²) >= 11 is 0. The fourth-order valence-electron chi connectivity index (χ4n) is 3.29. The Kier molecular flexibility index (Phi) is 4.70. The van der Waals surface area contributed by atoms with E-state index in [1.165, 1.54) is 0 Å². The van der Waals surface area contributed by atoms with E-state index in [1.807, 2.05) is 49.1 Å². The van der Waals surface area contributed by atoms with Gasteiger partial charge in [-0.1, -0.05) is 6.92 Å². The minimum absolute atomic E-state index is 0.743. The molecule has 4 rings (SSSR count). The van der Waals surface area contributed by atoms with Crippen LogP contribution >= 0.6 is 0 Å². The van der Waals surface area contributed by atoms with E-state index in [9.17, 15) is 0 Å². The van der Waals surface area contributed by atoms with Crippen molar-refractivity contribution in [2.75, 3.05) is 36.0 Å². The highest BCUT2D eigenvalue weighted by atomic mass is 15.4. The molecule has 0 saturated carbocycles. The van der Waals surface area contributed by atoms with Crippen LogP contribution in [-0.2, 0) is 6.42 Å². The van der Waals surface area contributed by atoms with Crippen molar-refractivity contribution in [1.29, 1.82) is 0 Å². The van der Waals surface area contributed by atoms with E-state index >= 15 is 0 Å². The number of hydrogen-bond donors (Lipinski definition) is 0. The zero-order chi connectivity index (χ0) is 18.8.